The number of benzene rings is 3. The van der Waals surface area contributed by atoms with Crippen LogP contribution in [0, 0.1) is 6.92 Å². The topological polar surface area (TPSA) is 79.7 Å². The number of aliphatic hydroxyl groups excluding tert-OH is 1. The number of ketones is 1. The number of nitrogens with zero attached hydrogens (tertiary/aromatic N) is 2. The molecule has 1 amide bonds. The van der Waals surface area contributed by atoms with E-state index in [-0.39, 0.29) is 22.5 Å². The van der Waals surface area contributed by atoms with Crippen LogP contribution in [0.25, 0.3) is 16.0 Å². The molecule has 0 unspecified atom stereocenters. The van der Waals surface area contributed by atoms with Crippen LogP contribution in [0.2, 0.25) is 10.0 Å². The first-order chi connectivity index (χ1) is 17.7. The van der Waals surface area contributed by atoms with Crippen molar-refractivity contribution in [3.8, 4) is 5.75 Å². The van der Waals surface area contributed by atoms with Gasteiger partial charge < -0.3 is 9.84 Å². The summed E-state index contributed by atoms with van der Waals surface area (Å²) in [6.07, 6.45) is 0.712. The molecule has 6 nitrogen and oxygen atoms in total. The van der Waals surface area contributed by atoms with Gasteiger partial charge in [-0.2, -0.15) is 0 Å². The normalized spacial score (nSPS) is 20.5. The molecule has 2 atom stereocenters. The Kier molecular flexibility index (Phi) is 5.75. The van der Waals surface area contributed by atoms with Crippen LogP contribution in [-0.2, 0) is 16.0 Å². The summed E-state index contributed by atoms with van der Waals surface area (Å²) in [5.41, 5.74) is 3.63. The lowest BCUT2D eigenvalue weighted by Gasteiger charge is -2.23. The minimum atomic E-state index is -0.945. The van der Waals surface area contributed by atoms with Crippen LogP contribution in [0.3, 0.4) is 0 Å². The molecule has 6 rings (SSSR count). The highest BCUT2D eigenvalue weighted by Crippen LogP contribution is 2.45. The number of halogens is 2. The van der Waals surface area contributed by atoms with Gasteiger partial charge in [0.2, 0.25) is 0 Å². The van der Waals surface area contributed by atoms with Crippen molar-refractivity contribution in [1.82, 2.24) is 4.98 Å². The summed E-state index contributed by atoms with van der Waals surface area (Å²) < 4.78 is 6.66. The minimum Gasteiger partial charge on any atom is -0.507 e. The second-order valence-corrected chi connectivity index (χ2v) is 11.1. The van der Waals surface area contributed by atoms with E-state index in [4.69, 9.17) is 27.9 Å². The molecule has 0 bridgehead atoms. The smallest absolute Gasteiger partial charge is 0.301 e. The zero-order valence-corrected chi connectivity index (χ0v) is 22.1. The molecule has 2 aliphatic rings. The van der Waals surface area contributed by atoms with E-state index in [0.29, 0.717) is 33.2 Å². The Morgan fingerprint density at radius 2 is 1.89 bits per heavy atom. The van der Waals surface area contributed by atoms with Crippen LogP contribution >= 0.6 is 34.5 Å². The number of Topliss-reactive ketones (excluding diaryl/α,β-unsaturated/α-hetero) is 1. The van der Waals surface area contributed by atoms with E-state index in [1.165, 1.54) is 16.2 Å². The van der Waals surface area contributed by atoms with Gasteiger partial charge in [0.15, 0.2) is 5.13 Å². The summed E-state index contributed by atoms with van der Waals surface area (Å²) in [6, 6.07) is 15.0. The Labute approximate surface area is 226 Å². The summed E-state index contributed by atoms with van der Waals surface area (Å²) in [7, 11) is 0. The first kappa shape index (κ1) is 24.0. The second-order valence-electron chi connectivity index (χ2n) is 9.27. The molecule has 9 heteroatoms. The summed E-state index contributed by atoms with van der Waals surface area (Å²) in [6.45, 7) is 3.94. The maximum Gasteiger partial charge on any atom is 0.301 e. The fraction of sp³-hybridized carbons (Fsp3) is 0.179. The van der Waals surface area contributed by atoms with E-state index in [0.717, 1.165) is 21.6 Å². The summed E-state index contributed by atoms with van der Waals surface area (Å²) in [5, 5.41) is 12.4. The molecule has 186 valence electrons. The van der Waals surface area contributed by atoms with E-state index in [1.807, 2.05) is 32.0 Å². The molecule has 0 spiro atoms. The number of thiazole rings is 1. The lowest BCUT2D eigenvalue weighted by Crippen LogP contribution is -2.29. The van der Waals surface area contributed by atoms with Crippen molar-refractivity contribution in [2.75, 3.05) is 4.90 Å². The van der Waals surface area contributed by atoms with Crippen LogP contribution in [0.4, 0.5) is 5.13 Å². The minimum absolute atomic E-state index is 0.0249. The molecule has 0 radical (unpaired) electrons. The van der Waals surface area contributed by atoms with Gasteiger partial charge in [-0.15, -0.1) is 0 Å². The van der Waals surface area contributed by atoms with Gasteiger partial charge in [0.05, 0.1) is 31.9 Å². The average Bonchev–Trinajstić information content (AvgIpc) is 3.52. The summed E-state index contributed by atoms with van der Waals surface area (Å²) in [4.78, 5) is 32.9. The number of amides is 1. The van der Waals surface area contributed by atoms with Crippen molar-refractivity contribution in [2.45, 2.75) is 32.4 Å². The number of rotatable bonds is 3. The molecule has 1 saturated heterocycles. The summed E-state index contributed by atoms with van der Waals surface area (Å²) >= 11 is 13.8. The number of ether oxygens (including phenoxy) is 1. The highest BCUT2D eigenvalue weighted by atomic mass is 35.5. The van der Waals surface area contributed by atoms with Gasteiger partial charge in [-0.05, 0) is 73.0 Å². The molecule has 1 fully saturated rings. The Hall–Kier alpha value is -3.39. The fourth-order valence-corrected chi connectivity index (χ4v) is 6.27. The van der Waals surface area contributed by atoms with Crippen molar-refractivity contribution in [1.29, 1.82) is 0 Å². The van der Waals surface area contributed by atoms with Crippen LogP contribution in [-0.4, -0.2) is 27.9 Å². The van der Waals surface area contributed by atoms with Crippen LogP contribution < -0.4 is 9.64 Å². The van der Waals surface area contributed by atoms with E-state index >= 15 is 0 Å². The Morgan fingerprint density at radius 3 is 2.68 bits per heavy atom. The average molecular weight is 551 g/mol. The molecule has 4 aromatic rings. The third-order valence-corrected chi connectivity index (χ3v) is 8.37. The number of hydrogen-bond acceptors (Lipinski definition) is 6. The molecule has 0 saturated carbocycles. The number of hydrogen-bond donors (Lipinski definition) is 1. The highest BCUT2D eigenvalue weighted by Gasteiger charge is 2.48. The SMILES string of the molecule is Cc1ccc2nc(N3C(=O)C(=O)/C(=C(/O)c4ccc5c(c4)C[C@@H](C)O5)[C@@H]3c3ccc(Cl)c(Cl)c3)sc2c1. The van der Waals surface area contributed by atoms with Gasteiger partial charge in [-0.3, -0.25) is 14.5 Å². The zero-order valence-electron chi connectivity index (χ0n) is 19.8. The molecule has 37 heavy (non-hydrogen) atoms. The number of aliphatic hydroxyl groups is 1. The largest absolute Gasteiger partial charge is 0.507 e. The number of carbonyl (C=O) groups is 2. The number of aromatic nitrogens is 1. The van der Waals surface area contributed by atoms with Gasteiger partial charge in [-0.1, -0.05) is 46.7 Å². The molecule has 1 N–H and O–H groups in total. The quantitative estimate of drug-likeness (QED) is 0.171. The molecular formula is C28H20Cl2N2O4S. The van der Waals surface area contributed by atoms with Crippen molar-refractivity contribution >= 4 is 67.3 Å². The molecule has 3 aromatic carbocycles. The Bertz CT molecular complexity index is 1660. The van der Waals surface area contributed by atoms with Crippen LogP contribution in [0.1, 0.15) is 35.2 Å². The molecular weight excluding hydrogens is 531 g/mol. The molecule has 1 aromatic heterocycles. The van der Waals surface area contributed by atoms with Gasteiger partial charge in [0.1, 0.15) is 17.6 Å². The Morgan fingerprint density at radius 1 is 1.08 bits per heavy atom. The molecule has 0 aliphatic carbocycles. The van der Waals surface area contributed by atoms with Crippen LogP contribution in [0.15, 0.2) is 60.2 Å². The van der Waals surface area contributed by atoms with Crippen molar-refractivity contribution in [2.24, 2.45) is 0 Å². The van der Waals surface area contributed by atoms with Gasteiger partial charge in [0.25, 0.3) is 5.78 Å². The maximum absolute atomic E-state index is 13.5. The number of fused-ring (bicyclic) bond motifs is 2. The molecule has 2 aliphatic heterocycles. The lowest BCUT2D eigenvalue weighted by molar-refractivity contribution is -0.132. The van der Waals surface area contributed by atoms with Gasteiger partial charge in [0, 0.05) is 12.0 Å². The van der Waals surface area contributed by atoms with Gasteiger partial charge >= 0.3 is 5.91 Å². The standard InChI is InChI=1S/C28H20Cl2N2O4S/c1-13-3-7-20-22(9-13)37-28(31-20)32-24(15-4-6-18(29)19(30)12-15)23(26(34)27(32)35)25(33)16-5-8-21-17(11-16)10-14(2)36-21/h3-9,11-12,14,24,33H,10H2,1-2H3/b25-23+/t14-,24+/m1/s1. The van der Waals surface area contributed by atoms with Crippen molar-refractivity contribution < 1.29 is 19.4 Å². The van der Waals surface area contributed by atoms with E-state index in [1.54, 1.807) is 36.4 Å². The Balaban J connectivity index is 1.55. The molecule has 3 heterocycles. The number of anilines is 1. The second kappa shape index (κ2) is 8.87. The third-order valence-electron chi connectivity index (χ3n) is 6.61. The van der Waals surface area contributed by atoms with Gasteiger partial charge in [-0.25, -0.2) is 4.98 Å². The van der Waals surface area contributed by atoms with E-state index in [2.05, 4.69) is 4.98 Å². The predicted molar refractivity (Wildman–Crippen MR) is 146 cm³/mol. The van der Waals surface area contributed by atoms with Crippen molar-refractivity contribution in [3.05, 3.63) is 92.5 Å². The highest BCUT2D eigenvalue weighted by molar-refractivity contribution is 7.22. The number of carbonyl (C=O) groups excluding carboxylic acids is 2. The third kappa shape index (κ3) is 3.98. The van der Waals surface area contributed by atoms with Crippen LogP contribution in [0.5, 0.6) is 5.75 Å². The first-order valence-corrected chi connectivity index (χ1v) is 13.2. The first-order valence-electron chi connectivity index (χ1n) is 11.6. The monoisotopic (exact) mass is 550 g/mol. The summed E-state index contributed by atoms with van der Waals surface area (Å²) in [5.74, 6) is -1.09. The number of aryl methyl sites for hydroxylation is 1. The maximum atomic E-state index is 13.5. The lowest BCUT2D eigenvalue weighted by atomic mass is 9.94. The zero-order chi connectivity index (χ0) is 26.0. The fourth-order valence-electron chi connectivity index (χ4n) is 4.88. The van der Waals surface area contributed by atoms with Crippen molar-refractivity contribution in [3.63, 3.8) is 0 Å². The van der Waals surface area contributed by atoms with E-state index in [9.17, 15) is 14.7 Å². The predicted octanol–water partition coefficient (Wildman–Crippen LogP) is 6.86. The van der Waals surface area contributed by atoms with E-state index < -0.39 is 17.7 Å².